The number of thioether (sulfide) groups is 1. The number of nitrogens with one attached hydrogen (secondary N) is 1. The van der Waals surface area contributed by atoms with Gasteiger partial charge in [-0.3, -0.25) is 14.4 Å². The van der Waals surface area contributed by atoms with Gasteiger partial charge in [0.25, 0.3) is 17.0 Å². The number of hydrogen-bond donors (Lipinski definition) is 1. The maximum Gasteiger partial charge on any atom is 0.286 e. The van der Waals surface area contributed by atoms with Crippen molar-refractivity contribution in [3.8, 4) is 5.75 Å². The number of rotatable bonds is 14. The van der Waals surface area contributed by atoms with E-state index in [4.69, 9.17) is 9.15 Å². The van der Waals surface area contributed by atoms with E-state index in [1.54, 1.807) is 31.4 Å². The Balaban J connectivity index is 0.00000533. The average Bonchev–Trinajstić information content (AvgIpc) is 3.37. The van der Waals surface area contributed by atoms with Gasteiger partial charge in [-0.1, -0.05) is 38.1 Å². The minimum atomic E-state index is -1.02. The molecule has 1 saturated carbocycles. The number of amides is 2. The molecule has 0 radical (unpaired) electrons. The molecule has 0 saturated heterocycles. The molecule has 39 heavy (non-hydrogen) atoms. The molecular weight excluding hydrogens is 542 g/mol. The molecule has 12 heteroatoms. The first-order chi connectivity index (χ1) is 18.2. The van der Waals surface area contributed by atoms with Gasteiger partial charge in [0, 0.05) is 17.9 Å². The van der Waals surface area contributed by atoms with Crippen LogP contribution in [0.25, 0.3) is 0 Å². The smallest absolute Gasteiger partial charge is 0.286 e. The van der Waals surface area contributed by atoms with E-state index in [-0.39, 0.29) is 30.1 Å². The van der Waals surface area contributed by atoms with E-state index in [9.17, 15) is 14.4 Å². The molecule has 1 aliphatic carbocycles. The number of ketones is 1. The Bertz CT molecular complexity index is 1090. The third-order valence-electron chi connectivity index (χ3n) is 6.68. The summed E-state index contributed by atoms with van der Waals surface area (Å²) >= 11 is 1.38. The summed E-state index contributed by atoms with van der Waals surface area (Å²) in [5, 5.41) is 11.5. The second-order valence-corrected chi connectivity index (χ2v) is 11.4. The molecule has 2 aromatic rings. The van der Waals surface area contributed by atoms with Gasteiger partial charge in [-0.2, -0.15) is 0 Å². The normalized spacial score (nSPS) is 15.4. The van der Waals surface area contributed by atoms with E-state index in [0.717, 1.165) is 31.6 Å². The van der Waals surface area contributed by atoms with Crippen molar-refractivity contribution in [2.24, 2.45) is 5.92 Å². The van der Waals surface area contributed by atoms with Crippen LogP contribution in [0.5, 0.6) is 5.75 Å². The van der Waals surface area contributed by atoms with Crippen molar-refractivity contribution >= 4 is 42.3 Å². The van der Waals surface area contributed by atoms with E-state index in [1.807, 2.05) is 32.8 Å². The summed E-state index contributed by atoms with van der Waals surface area (Å²) in [5.74, 6) is 0.520. The zero-order chi connectivity index (χ0) is 27.7. The topological polar surface area (TPSA) is 118 Å². The molecule has 1 unspecified atom stereocenters. The first-order valence-electron chi connectivity index (χ1n) is 13.0. The van der Waals surface area contributed by atoms with Crippen LogP contribution in [0.2, 0.25) is 0 Å². The predicted molar refractivity (Wildman–Crippen MR) is 153 cm³/mol. The van der Waals surface area contributed by atoms with E-state index in [2.05, 4.69) is 15.5 Å². The van der Waals surface area contributed by atoms with Gasteiger partial charge in [0.15, 0.2) is 0 Å². The minimum absolute atomic E-state index is 0. The van der Waals surface area contributed by atoms with Crippen molar-refractivity contribution < 1.29 is 23.5 Å². The van der Waals surface area contributed by atoms with Crippen LogP contribution in [-0.2, 0) is 4.79 Å². The first-order valence-corrected chi connectivity index (χ1v) is 14.0. The Morgan fingerprint density at radius 3 is 2.54 bits per heavy atom. The number of Topliss-reactive ketones (excluding diaryl/α,β-unsaturated/α-hetero) is 1. The number of benzene rings is 1. The van der Waals surface area contributed by atoms with Gasteiger partial charge in [-0.15, -0.1) is 22.6 Å². The molecule has 1 aliphatic rings. The van der Waals surface area contributed by atoms with Crippen LogP contribution in [0.3, 0.4) is 0 Å². The molecule has 10 nitrogen and oxygen atoms in total. The lowest BCUT2D eigenvalue weighted by atomic mass is 9.84. The number of ether oxygens (including phenoxy) is 1. The molecule has 1 heterocycles. The maximum absolute atomic E-state index is 13.8. The molecule has 216 valence electrons. The maximum atomic E-state index is 13.8. The fourth-order valence-corrected chi connectivity index (χ4v) is 5.59. The molecule has 1 aromatic carbocycles. The molecule has 0 spiro atoms. The van der Waals surface area contributed by atoms with Crippen LogP contribution in [0.15, 0.2) is 33.9 Å². The van der Waals surface area contributed by atoms with Crippen molar-refractivity contribution in [2.75, 3.05) is 33.5 Å². The Morgan fingerprint density at radius 2 is 1.92 bits per heavy atom. The van der Waals surface area contributed by atoms with E-state index < -0.39 is 17.5 Å². The highest BCUT2D eigenvalue weighted by molar-refractivity contribution is 7.99. The van der Waals surface area contributed by atoms with E-state index in [1.165, 1.54) is 16.7 Å². The highest BCUT2D eigenvalue weighted by atomic mass is 35.5. The van der Waals surface area contributed by atoms with E-state index >= 15 is 0 Å². The lowest BCUT2D eigenvalue weighted by Gasteiger charge is -2.48. The molecule has 3 rings (SSSR count). The van der Waals surface area contributed by atoms with Gasteiger partial charge in [0.05, 0.1) is 7.11 Å². The molecule has 0 bridgehead atoms. The first kappa shape index (κ1) is 32.6. The highest BCUT2D eigenvalue weighted by Gasteiger charge is 2.45. The summed E-state index contributed by atoms with van der Waals surface area (Å²) in [5.41, 5.74) is -0.596. The third-order valence-corrected chi connectivity index (χ3v) is 7.48. The predicted octanol–water partition coefficient (Wildman–Crippen LogP) is 4.30. The number of nitrogens with zero attached hydrogens (tertiary/aromatic N) is 4. The Labute approximate surface area is 241 Å². The number of hydrogen-bond acceptors (Lipinski definition) is 9. The quantitative estimate of drug-likeness (QED) is 0.151. The van der Waals surface area contributed by atoms with Gasteiger partial charge < -0.3 is 24.3 Å². The van der Waals surface area contributed by atoms with Crippen LogP contribution in [0, 0.1) is 5.92 Å². The standard InChI is InChI=1S/C27H39N5O5S.ClH/c1-19(2)16-22(23(34)25-29-30-26(37-25)38-15-14-31(3)4)32(18-33)27(12-7-6-8-13-27)28-24(35)20-10-9-11-21(17-20)36-5;/h9-11,17-19,22H,6-8,12-16H2,1-5H3,(H,28,35);1H. The highest BCUT2D eigenvalue weighted by Crippen LogP contribution is 2.35. The Kier molecular flexibility index (Phi) is 12.7. The molecule has 1 aromatic heterocycles. The van der Waals surface area contributed by atoms with Crippen LogP contribution >= 0.6 is 24.2 Å². The van der Waals surface area contributed by atoms with Crippen LogP contribution in [0.4, 0.5) is 0 Å². The van der Waals surface area contributed by atoms with Crippen LogP contribution in [-0.4, -0.2) is 83.3 Å². The lowest BCUT2D eigenvalue weighted by molar-refractivity contribution is -0.129. The van der Waals surface area contributed by atoms with Gasteiger partial charge in [0.1, 0.15) is 17.5 Å². The van der Waals surface area contributed by atoms with Crippen LogP contribution < -0.4 is 10.1 Å². The van der Waals surface area contributed by atoms with Crippen molar-refractivity contribution in [2.45, 2.75) is 69.3 Å². The number of methoxy groups -OCH3 is 1. The van der Waals surface area contributed by atoms with Crippen LogP contribution in [0.1, 0.15) is 73.4 Å². The summed E-state index contributed by atoms with van der Waals surface area (Å²) in [7, 11) is 5.49. The molecular formula is C27H40ClN5O5S. The average molecular weight is 582 g/mol. The molecule has 2 amide bonds. The van der Waals surface area contributed by atoms with Crippen molar-refractivity contribution in [3.05, 3.63) is 35.7 Å². The summed E-state index contributed by atoms with van der Waals surface area (Å²) in [6.45, 7) is 4.80. The molecule has 1 atom stereocenters. The van der Waals surface area contributed by atoms with Crippen molar-refractivity contribution in [1.82, 2.24) is 25.3 Å². The summed E-state index contributed by atoms with van der Waals surface area (Å²) in [6.07, 6.45) is 4.78. The number of carbonyl (C=O) groups excluding carboxylic acids is 3. The van der Waals surface area contributed by atoms with Crippen molar-refractivity contribution in [1.29, 1.82) is 0 Å². The van der Waals surface area contributed by atoms with Gasteiger partial charge in [-0.25, -0.2) is 0 Å². The fraction of sp³-hybridized carbons (Fsp3) is 0.593. The SMILES string of the molecule is COc1cccc(C(=O)NC2(N(C=O)C(CC(C)C)C(=O)c3nnc(SCCN(C)C)o3)CCCCC2)c1.Cl. The molecule has 0 aliphatic heterocycles. The van der Waals surface area contributed by atoms with E-state index in [0.29, 0.717) is 42.2 Å². The molecule has 1 fully saturated rings. The number of aromatic nitrogens is 2. The second-order valence-electron chi connectivity index (χ2n) is 10.3. The number of carbonyl (C=O) groups is 3. The minimum Gasteiger partial charge on any atom is -0.497 e. The summed E-state index contributed by atoms with van der Waals surface area (Å²) in [4.78, 5) is 43.4. The van der Waals surface area contributed by atoms with Gasteiger partial charge in [-0.05, 0) is 70.3 Å². The lowest BCUT2D eigenvalue weighted by Crippen LogP contribution is -2.65. The summed E-state index contributed by atoms with van der Waals surface area (Å²) in [6, 6.07) is 6.00. The Hall–Kier alpha value is -2.63. The van der Waals surface area contributed by atoms with Gasteiger partial charge in [0.2, 0.25) is 12.2 Å². The third kappa shape index (κ3) is 8.68. The zero-order valence-electron chi connectivity index (χ0n) is 23.3. The monoisotopic (exact) mass is 581 g/mol. The fourth-order valence-electron chi connectivity index (χ4n) is 4.72. The van der Waals surface area contributed by atoms with Gasteiger partial charge >= 0.3 is 0 Å². The number of halogens is 1. The second kappa shape index (κ2) is 15.2. The Morgan fingerprint density at radius 1 is 1.21 bits per heavy atom. The zero-order valence-corrected chi connectivity index (χ0v) is 25.0. The molecule has 1 N–H and O–H groups in total. The largest absolute Gasteiger partial charge is 0.497 e. The van der Waals surface area contributed by atoms with Crippen molar-refractivity contribution in [3.63, 3.8) is 0 Å². The summed E-state index contributed by atoms with van der Waals surface area (Å²) < 4.78 is 11.0.